The molecule has 156 valence electrons. The van der Waals surface area contributed by atoms with Crippen molar-refractivity contribution >= 4 is 22.2 Å². The van der Waals surface area contributed by atoms with Gasteiger partial charge in [-0.2, -0.15) is 0 Å². The first-order chi connectivity index (χ1) is 14.8. The third-order valence-corrected chi connectivity index (χ3v) is 7.44. The Morgan fingerprint density at radius 2 is 1.97 bits per heavy atom. The summed E-state index contributed by atoms with van der Waals surface area (Å²) in [6.07, 6.45) is 13.7. The van der Waals surface area contributed by atoms with Crippen LogP contribution < -0.4 is 5.32 Å². The van der Waals surface area contributed by atoms with Crippen LogP contribution in [0, 0.1) is 0 Å². The van der Waals surface area contributed by atoms with Crippen LogP contribution in [-0.2, 0) is 12.8 Å². The minimum absolute atomic E-state index is 0.129. The van der Waals surface area contributed by atoms with Crippen LogP contribution in [0.25, 0.3) is 0 Å². The van der Waals surface area contributed by atoms with Gasteiger partial charge < -0.3 is 9.73 Å². The van der Waals surface area contributed by atoms with Gasteiger partial charge in [0.25, 0.3) is 5.91 Å². The third kappa shape index (κ3) is 3.82. The van der Waals surface area contributed by atoms with Gasteiger partial charge in [-0.05, 0) is 80.9 Å². The Kier molecular flexibility index (Phi) is 5.69. The van der Waals surface area contributed by atoms with Crippen molar-refractivity contribution in [2.24, 2.45) is 0 Å². The molecule has 0 unspecified atom stereocenters. The van der Waals surface area contributed by atoms with Crippen LogP contribution in [0.1, 0.15) is 70.3 Å². The zero-order valence-corrected chi connectivity index (χ0v) is 17.9. The Labute approximate surface area is 181 Å². The van der Waals surface area contributed by atoms with E-state index in [9.17, 15) is 4.79 Å². The van der Waals surface area contributed by atoms with E-state index < -0.39 is 0 Å². The number of carbonyl (C=O) groups is 1. The lowest BCUT2D eigenvalue weighted by Gasteiger charge is -2.36. The summed E-state index contributed by atoms with van der Waals surface area (Å²) in [7, 11) is 0. The summed E-state index contributed by atoms with van der Waals surface area (Å²) in [5.74, 6) is 0.173. The second-order valence-electron chi connectivity index (χ2n) is 8.17. The molecule has 1 saturated heterocycles. The number of nitrogens with one attached hydrogen (secondary N) is 1. The van der Waals surface area contributed by atoms with Crippen molar-refractivity contribution < 1.29 is 9.21 Å². The molecule has 2 aliphatic rings. The van der Waals surface area contributed by atoms with Crippen LogP contribution in [0.3, 0.4) is 0 Å². The quantitative estimate of drug-likeness (QED) is 0.596. The summed E-state index contributed by atoms with van der Waals surface area (Å²) in [6, 6.07) is 7.79. The maximum Gasteiger partial charge on any atom is 0.291 e. The van der Waals surface area contributed by atoms with Crippen molar-refractivity contribution in [2.75, 3.05) is 18.4 Å². The van der Waals surface area contributed by atoms with Crippen molar-refractivity contribution in [2.45, 2.75) is 51.0 Å². The standard InChI is InChI=1S/C24H27N3O2S/c28-23(19-10-7-15-29-19)26-24-21(18-9-2-3-11-20(18)30-24)22(17-8-6-12-25-16-17)27-13-4-1-5-14-27/h6-8,10,12,15-16,22H,1-5,9,11,13-14H2,(H,26,28)/t22-/m0/s1. The van der Waals surface area contributed by atoms with E-state index in [1.807, 2.05) is 18.5 Å². The number of anilines is 1. The monoisotopic (exact) mass is 421 g/mol. The number of likely N-dealkylation sites (tertiary alicyclic amines) is 1. The maximum absolute atomic E-state index is 12.9. The summed E-state index contributed by atoms with van der Waals surface area (Å²) in [5, 5.41) is 4.17. The third-order valence-electron chi connectivity index (χ3n) is 6.21. The maximum atomic E-state index is 12.9. The number of nitrogens with zero attached hydrogens (tertiary/aromatic N) is 2. The van der Waals surface area contributed by atoms with E-state index in [-0.39, 0.29) is 11.9 Å². The molecule has 6 heteroatoms. The zero-order chi connectivity index (χ0) is 20.3. The Morgan fingerprint density at radius 3 is 2.73 bits per heavy atom. The van der Waals surface area contributed by atoms with E-state index in [1.165, 1.54) is 53.7 Å². The van der Waals surface area contributed by atoms with Gasteiger partial charge in [0.2, 0.25) is 0 Å². The Hall–Kier alpha value is -2.44. The fourth-order valence-electron chi connectivity index (χ4n) is 4.82. The van der Waals surface area contributed by atoms with Gasteiger partial charge in [-0.1, -0.05) is 12.5 Å². The van der Waals surface area contributed by atoms with Gasteiger partial charge >= 0.3 is 0 Å². The second-order valence-corrected chi connectivity index (χ2v) is 9.28. The number of piperidine rings is 1. The Morgan fingerprint density at radius 1 is 1.10 bits per heavy atom. The molecule has 4 heterocycles. The Balaban J connectivity index is 1.60. The van der Waals surface area contributed by atoms with Crippen molar-refractivity contribution in [3.05, 3.63) is 70.3 Å². The molecule has 3 aromatic heterocycles. The number of aromatic nitrogens is 1. The summed E-state index contributed by atoms with van der Waals surface area (Å²) in [6.45, 7) is 2.16. The lowest BCUT2D eigenvalue weighted by molar-refractivity contribution is 0.0996. The molecule has 0 aromatic carbocycles. The highest BCUT2D eigenvalue weighted by molar-refractivity contribution is 7.16. The van der Waals surface area contributed by atoms with E-state index in [0.717, 1.165) is 30.9 Å². The molecule has 1 aliphatic carbocycles. The van der Waals surface area contributed by atoms with Gasteiger partial charge in [-0.25, -0.2) is 0 Å². The highest BCUT2D eigenvalue weighted by atomic mass is 32.1. The molecule has 1 amide bonds. The van der Waals surface area contributed by atoms with Crippen LogP contribution in [0.15, 0.2) is 47.3 Å². The van der Waals surface area contributed by atoms with Gasteiger partial charge in [0.1, 0.15) is 5.00 Å². The molecule has 1 aliphatic heterocycles. The average Bonchev–Trinajstić information content (AvgIpc) is 3.45. The van der Waals surface area contributed by atoms with Gasteiger partial charge in [-0.15, -0.1) is 11.3 Å². The summed E-state index contributed by atoms with van der Waals surface area (Å²) in [5.41, 5.74) is 3.93. The summed E-state index contributed by atoms with van der Waals surface area (Å²) >= 11 is 1.75. The largest absolute Gasteiger partial charge is 0.459 e. The second kappa shape index (κ2) is 8.74. The molecule has 5 nitrogen and oxygen atoms in total. The number of hydrogen-bond donors (Lipinski definition) is 1. The molecule has 0 bridgehead atoms. The summed E-state index contributed by atoms with van der Waals surface area (Å²) < 4.78 is 5.34. The highest BCUT2D eigenvalue weighted by Gasteiger charge is 2.33. The van der Waals surface area contributed by atoms with E-state index >= 15 is 0 Å². The molecule has 1 fully saturated rings. The van der Waals surface area contributed by atoms with Crippen LogP contribution >= 0.6 is 11.3 Å². The van der Waals surface area contributed by atoms with E-state index in [1.54, 1.807) is 29.7 Å². The molecule has 5 rings (SSSR count). The number of amides is 1. The van der Waals surface area contributed by atoms with E-state index in [2.05, 4.69) is 21.3 Å². The van der Waals surface area contributed by atoms with Crippen molar-refractivity contribution in [1.82, 2.24) is 9.88 Å². The SMILES string of the molecule is O=C(Nc1sc2c(c1[C@H](c1cccnc1)N1CCCCC1)CCCC2)c1ccco1. The Bertz CT molecular complexity index is 991. The van der Waals surface area contributed by atoms with Crippen LogP contribution in [0.4, 0.5) is 5.00 Å². The molecule has 1 atom stereocenters. The minimum atomic E-state index is -0.177. The molecular formula is C24H27N3O2S. The number of hydrogen-bond acceptors (Lipinski definition) is 5. The van der Waals surface area contributed by atoms with Gasteiger partial charge in [0.05, 0.1) is 12.3 Å². The highest BCUT2D eigenvalue weighted by Crippen LogP contribution is 2.46. The number of rotatable bonds is 5. The first-order valence-electron chi connectivity index (χ1n) is 10.9. The number of furan rings is 1. The summed E-state index contributed by atoms with van der Waals surface area (Å²) in [4.78, 5) is 21.3. The van der Waals surface area contributed by atoms with Gasteiger partial charge in [-0.3, -0.25) is 14.7 Å². The number of pyridine rings is 1. The molecule has 0 saturated carbocycles. The topological polar surface area (TPSA) is 58.4 Å². The lowest BCUT2D eigenvalue weighted by Crippen LogP contribution is -2.35. The van der Waals surface area contributed by atoms with Crippen LogP contribution in [-0.4, -0.2) is 28.9 Å². The lowest BCUT2D eigenvalue weighted by atomic mass is 9.88. The van der Waals surface area contributed by atoms with E-state index in [0.29, 0.717) is 5.76 Å². The molecule has 1 N–H and O–H groups in total. The number of carbonyl (C=O) groups excluding carboxylic acids is 1. The van der Waals surface area contributed by atoms with Gasteiger partial charge in [0.15, 0.2) is 5.76 Å². The molecule has 3 aromatic rings. The molecule has 0 radical (unpaired) electrons. The number of thiophene rings is 1. The molecular weight excluding hydrogens is 394 g/mol. The molecule has 30 heavy (non-hydrogen) atoms. The number of fused-ring (bicyclic) bond motifs is 1. The first kappa shape index (κ1) is 19.5. The zero-order valence-electron chi connectivity index (χ0n) is 17.1. The predicted molar refractivity (Wildman–Crippen MR) is 119 cm³/mol. The average molecular weight is 422 g/mol. The van der Waals surface area contributed by atoms with Crippen molar-refractivity contribution in [1.29, 1.82) is 0 Å². The first-order valence-corrected chi connectivity index (χ1v) is 11.8. The predicted octanol–water partition coefficient (Wildman–Crippen LogP) is 5.44. The van der Waals surface area contributed by atoms with Crippen molar-refractivity contribution in [3.63, 3.8) is 0 Å². The fraction of sp³-hybridized carbons (Fsp3) is 0.417. The smallest absolute Gasteiger partial charge is 0.291 e. The number of aryl methyl sites for hydroxylation is 1. The van der Waals surface area contributed by atoms with Gasteiger partial charge in [0, 0.05) is 22.8 Å². The minimum Gasteiger partial charge on any atom is -0.459 e. The van der Waals surface area contributed by atoms with Crippen LogP contribution in [0.2, 0.25) is 0 Å². The molecule has 0 spiro atoms. The van der Waals surface area contributed by atoms with Crippen molar-refractivity contribution in [3.8, 4) is 0 Å². The normalized spacial score (nSPS) is 18.0. The fourth-order valence-corrected chi connectivity index (χ4v) is 6.14. The van der Waals surface area contributed by atoms with E-state index in [4.69, 9.17) is 4.42 Å². The van der Waals surface area contributed by atoms with Crippen LogP contribution in [0.5, 0.6) is 0 Å².